The van der Waals surface area contributed by atoms with Gasteiger partial charge in [0.1, 0.15) is 5.75 Å². The Morgan fingerprint density at radius 1 is 1.40 bits per heavy atom. The molecule has 0 fully saturated rings. The zero-order valence-corrected chi connectivity index (χ0v) is 12.3. The molecule has 20 heavy (non-hydrogen) atoms. The Labute approximate surface area is 124 Å². The summed E-state index contributed by atoms with van der Waals surface area (Å²) < 4.78 is 6.72. The third-order valence-electron chi connectivity index (χ3n) is 2.55. The van der Waals surface area contributed by atoms with Gasteiger partial charge in [0.2, 0.25) is 5.88 Å². The molecule has 102 valence electrons. The molecule has 1 N–H and O–H groups in total. The van der Waals surface area contributed by atoms with Crippen molar-refractivity contribution in [1.82, 2.24) is 4.98 Å². The Hall–Kier alpha value is -2.14. The summed E-state index contributed by atoms with van der Waals surface area (Å²) >= 11 is 3.39. The van der Waals surface area contributed by atoms with E-state index in [1.165, 1.54) is 6.08 Å². The zero-order chi connectivity index (χ0) is 14.5. The van der Waals surface area contributed by atoms with Gasteiger partial charge in [-0.25, -0.2) is 9.78 Å². The van der Waals surface area contributed by atoms with Crippen molar-refractivity contribution >= 4 is 28.0 Å². The summed E-state index contributed by atoms with van der Waals surface area (Å²) in [5.74, 6) is 0.0342. The second kappa shape index (κ2) is 6.34. The van der Waals surface area contributed by atoms with Crippen LogP contribution in [0.4, 0.5) is 0 Å². The molecule has 2 rings (SSSR count). The maximum absolute atomic E-state index is 10.6. The Morgan fingerprint density at radius 3 is 2.90 bits per heavy atom. The van der Waals surface area contributed by atoms with Gasteiger partial charge in [-0.1, -0.05) is 15.9 Å². The van der Waals surface area contributed by atoms with Gasteiger partial charge < -0.3 is 9.84 Å². The average molecular weight is 334 g/mol. The van der Waals surface area contributed by atoms with E-state index in [1.807, 2.05) is 25.1 Å². The average Bonchev–Trinajstić information content (AvgIpc) is 2.41. The summed E-state index contributed by atoms with van der Waals surface area (Å²) in [6.45, 7) is 1.93. The standard InChI is InChI=1S/C15H12BrNO3/c1-10-9-12(16)5-6-13(10)20-15-11(3-2-8-17-15)4-7-14(18)19/h2-9H,1H3,(H,18,19)/b7-4+. The molecule has 0 unspecified atom stereocenters. The van der Waals surface area contributed by atoms with Crippen molar-refractivity contribution in [2.24, 2.45) is 0 Å². The molecule has 0 aliphatic rings. The second-order valence-corrected chi connectivity index (χ2v) is 5.00. The van der Waals surface area contributed by atoms with Crippen molar-refractivity contribution in [3.8, 4) is 11.6 Å². The van der Waals surface area contributed by atoms with Gasteiger partial charge in [-0.05, 0) is 48.9 Å². The highest BCUT2D eigenvalue weighted by Gasteiger charge is 2.06. The molecule has 0 radical (unpaired) electrons. The first kappa shape index (κ1) is 14.3. The summed E-state index contributed by atoms with van der Waals surface area (Å²) in [4.78, 5) is 14.7. The molecule has 0 amide bonds. The molecular weight excluding hydrogens is 322 g/mol. The van der Waals surface area contributed by atoms with Crippen LogP contribution in [0.3, 0.4) is 0 Å². The summed E-state index contributed by atoms with van der Waals surface area (Å²) in [6.07, 6.45) is 4.11. The quantitative estimate of drug-likeness (QED) is 0.857. The predicted molar refractivity (Wildman–Crippen MR) is 79.9 cm³/mol. The molecule has 0 atom stereocenters. The molecule has 0 saturated heterocycles. The maximum Gasteiger partial charge on any atom is 0.328 e. The van der Waals surface area contributed by atoms with Crippen LogP contribution in [-0.2, 0) is 4.79 Å². The van der Waals surface area contributed by atoms with Crippen molar-refractivity contribution in [3.05, 3.63) is 58.2 Å². The predicted octanol–water partition coefficient (Wildman–Crippen LogP) is 4.04. The number of ether oxygens (including phenoxy) is 1. The Bertz CT molecular complexity index is 668. The smallest absolute Gasteiger partial charge is 0.328 e. The number of hydrogen-bond donors (Lipinski definition) is 1. The number of halogens is 1. The highest BCUT2D eigenvalue weighted by Crippen LogP contribution is 2.28. The van der Waals surface area contributed by atoms with E-state index in [0.717, 1.165) is 16.1 Å². The highest BCUT2D eigenvalue weighted by atomic mass is 79.9. The van der Waals surface area contributed by atoms with Gasteiger partial charge in [0.25, 0.3) is 0 Å². The fourth-order valence-electron chi connectivity index (χ4n) is 1.61. The van der Waals surface area contributed by atoms with E-state index in [1.54, 1.807) is 18.3 Å². The van der Waals surface area contributed by atoms with Crippen LogP contribution in [0.15, 0.2) is 47.1 Å². The molecule has 0 spiro atoms. The molecule has 4 nitrogen and oxygen atoms in total. The molecule has 1 aromatic heterocycles. The largest absolute Gasteiger partial charge is 0.478 e. The number of aryl methyl sites for hydroxylation is 1. The summed E-state index contributed by atoms with van der Waals surface area (Å²) in [6, 6.07) is 9.11. The van der Waals surface area contributed by atoms with Crippen LogP contribution in [0.1, 0.15) is 11.1 Å². The third-order valence-corrected chi connectivity index (χ3v) is 3.04. The number of rotatable bonds is 4. The molecule has 1 heterocycles. The van der Waals surface area contributed by atoms with E-state index in [-0.39, 0.29) is 0 Å². The summed E-state index contributed by atoms with van der Waals surface area (Å²) in [5, 5.41) is 8.68. The lowest BCUT2D eigenvalue weighted by molar-refractivity contribution is -0.131. The highest BCUT2D eigenvalue weighted by molar-refractivity contribution is 9.10. The van der Waals surface area contributed by atoms with Gasteiger partial charge in [0.05, 0.1) is 0 Å². The zero-order valence-electron chi connectivity index (χ0n) is 10.7. The maximum atomic E-state index is 10.6. The monoisotopic (exact) mass is 333 g/mol. The number of carbonyl (C=O) groups is 1. The van der Waals surface area contributed by atoms with Crippen LogP contribution in [0.5, 0.6) is 11.6 Å². The number of aliphatic carboxylic acids is 1. The molecule has 0 aliphatic carbocycles. The number of pyridine rings is 1. The van der Waals surface area contributed by atoms with Crippen LogP contribution >= 0.6 is 15.9 Å². The van der Waals surface area contributed by atoms with Crippen molar-refractivity contribution in [2.75, 3.05) is 0 Å². The van der Waals surface area contributed by atoms with Crippen molar-refractivity contribution in [3.63, 3.8) is 0 Å². The normalized spacial score (nSPS) is 10.7. The fraction of sp³-hybridized carbons (Fsp3) is 0.0667. The number of nitrogens with zero attached hydrogens (tertiary/aromatic N) is 1. The first-order valence-corrected chi connectivity index (χ1v) is 6.65. The number of hydrogen-bond acceptors (Lipinski definition) is 3. The molecule has 0 aliphatic heterocycles. The van der Waals surface area contributed by atoms with E-state index in [4.69, 9.17) is 9.84 Å². The molecule has 5 heteroatoms. The minimum atomic E-state index is -1.01. The van der Waals surface area contributed by atoms with Gasteiger partial charge in [-0.2, -0.15) is 0 Å². The lowest BCUT2D eigenvalue weighted by Crippen LogP contribution is -1.93. The van der Waals surface area contributed by atoms with Crippen LogP contribution < -0.4 is 4.74 Å². The van der Waals surface area contributed by atoms with E-state index in [0.29, 0.717) is 17.2 Å². The molecule has 2 aromatic rings. The third kappa shape index (κ3) is 3.68. The van der Waals surface area contributed by atoms with Gasteiger partial charge in [0.15, 0.2) is 0 Å². The Morgan fingerprint density at radius 2 is 2.20 bits per heavy atom. The van der Waals surface area contributed by atoms with Crippen molar-refractivity contribution in [2.45, 2.75) is 6.92 Å². The first-order valence-electron chi connectivity index (χ1n) is 5.86. The Kier molecular flexibility index (Phi) is 4.53. The lowest BCUT2D eigenvalue weighted by atomic mass is 10.2. The molecular formula is C15H12BrNO3. The van der Waals surface area contributed by atoms with Gasteiger partial charge in [0, 0.05) is 22.3 Å². The molecule has 0 saturated carbocycles. The van der Waals surface area contributed by atoms with Gasteiger partial charge in [-0.3, -0.25) is 0 Å². The molecule has 1 aromatic carbocycles. The van der Waals surface area contributed by atoms with E-state index < -0.39 is 5.97 Å². The minimum absolute atomic E-state index is 0.371. The number of carboxylic acid groups (broad SMARTS) is 1. The number of aromatic nitrogens is 1. The fourth-order valence-corrected chi connectivity index (χ4v) is 2.08. The second-order valence-electron chi connectivity index (χ2n) is 4.08. The molecule has 0 bridgehead atoms. The van der Waals surface area contributed by atoms with Crippen LogP contribution in [-0.4, -0.2) is 16.1 Å². The number of benzene rings is 1. The van der Waals surface area contributed by atoms with Crippen molar-refractivity contribution < 1.29 is 14.6 Å². The Balaban J connectivity index is 2.31. The van der Waals surface area contributed by atoms with Crippen LogP contribution in [0.25, 0.3) is 6.08 Å². The SMILES string of the molecule is Cc1cc(Br)ccc1Oc1ncccc1/C=C/C(=O)O. The van der Waals surface area contributed by atoms with E-state index >= 15 is 0 Å². The van der Waals surface area contributed by atoms with Gasteiger partial charge >= 0.3 is 5.97 Å². The van der Waals surface area contributed by atoms with Gasteiger partial charge in [-0.15, -0.1) is 0 Å². The lowest BCUT2D eigenvalue weighted by Gasteiger charge is -2.10. The first-order chi connectivity index (χ1) is 9.56. The summed E-state index contributed by atoms with van der Waals surface area (Å²) in [5.41, 5.74) is 1.57. The van der Waals surface area contributed by atoms with Crippen LogP contribution in [0, 0.1) is 6.92 Å². The number of carboxylic acids is 1. The van der Waals surface area contributed by atoms with E-state index in [9.17, 15) is 4.79 Å². The summed E-state index contributed by atoms with van der Waals surface area (Å²) in [7, 11) is 0. The van der Waals surface area contributed by atoms with E-state index in [2.05, 4.69) is 20.9 Å². The van der Waals surface area contributed by atoms with Crippen LogP contribution in [0.2, 0.25) is 0 Å². The minimum Gasteiger partial charge on any atom is -0.478 e. The van der Waals surface area contributed by atoms with Crippen molar-refractivity contribution in [1.29, 1.82) is 0 Å². The topological polar surface area (TPSA) is 59.4 Å².